The van der Waals surface area contributed by atoms with Crippen molar-refractivity contribution in [3.05, 3.63) is 28.2 Å². The van der Waals surface area contributed by atoms with E-state index >= 15 is 0 Å². The smallest absolute Gasteiger partial charge is 0.257 e. The van der Waals surface area contributed by atoms with Crippen molar-refractivity contribution in [2.24, 2.45) is 0 Å². The lowest BCUT2D eigenvalue weighted by atomic mass is 10.1. The zero-order chi connectivity index (χ0) is 18.5. The maximum Gasteiger partial charge on any atom is 0.257 e. The van der Waals surface area contributed by atoms with Crippen molar-refractivity contribution in [2.75, 3.05) is 13.2 Å². The molecule has 25 heavy (non-hydrogen) atoms. The number of carbonyl (C=O) groups excluding carboxylic acids is 1. The topological polar surface area (TPSA) is 50.4 Å². The standard InChI is InChI=1S/C19H29BrN2O2S/c1-3-5-7-8-9-12-21-19(25)22-18(23)15-10-11-17(16(20)14-15)24-13-6-4-2/h10-11,14H,3-9,12-13H2,1-2H3,(H2,21,22,23,25). The van der Waals surface area contributed by atoms with Crippen molar-refractivity contribution < 1.29 is 9.53 Å². The number of ether oxygens (including phenoxy) is 1. The molecule has 1 rings (SSSR count). The number of carbonyl (C=O) groups is 1. The summed E-state index contributed by atoms with van der Waals surface area (Å²) in [6, 6.07) is 5.30. The molecule has 4 nitrogen and oxygen atoms in total. The monoisotopic (exact) mass is 428 g/mol. The van der Waals surface area contributed by atoms with E-state index in [0.717, 1.165) is 36.0 Å². The molecule has 1 aromatic rings. The van der Waals surface area contributed by atoms with Gasteiger partial charge >= 0.3 is 0 Å². The van der Waals surface area contributed by atoms with Crippen molar-refractivity contribution in [2.45, 2.75) is 58.8 Å². The Morgan fingerprint density at radius 1 is 1.12 bits per heavy atom. The molecule has 0 radical (unpaired) electrons. The van der Waals surface area contributed by atoms with E-state index < -0.39 is 0 Å². The number of amides is 1. The van der Waals surface area contributed by atoms with E-state index in [-0.39, 0.29) is 5.91 Å². The van der Waals surface area contributed by atoms with Gasteiger partial charge in [0.1, 0.15) is 5.75 Å². The highest BCUT2D eigenvalue weighted by Crippen LogP contribution is 2.26. The molecular formula is C19H29BrN2O2S. The van der Waals surface area contributed by atoms with Crippen LogP contribution < -0.4 is 15.4 Å². The van der Waals surface area contributed by atoms with Crippen LogP contribution in [-0.2, 0) is 0 Å². The number of hydrogen-bond acceptors (Lipinski definition) is 3. The van der Waals surface area contributed by atoms with Crippen LogP contribution in [0.4, 0.5) is 0 Å². The molecule has 2 N–H and O–H groups in total. The van der Waals surface area contributed by atoms with Gasteiger partial charge in [-0.3, -0.25) is 10.1 Å². The molecule has 0 saturated heterocycles. The summed E-state index contributed by atoms with van der Waals surface area (Å²) in [6.07, 6.45) is 8.09. The summed E-state index contributed by atoms with van der Waals surface area (Å²) in [5.41, 5.74) is 0.543. The minimum absolute atomic E-state index is 0.218. The first kappa shape index (κ1) is 21.9. The zero-order valence-corrected chi connectivity index (χ0v) is 17.6. The van der Waals surface area contributed by atoms with E-state index in [9.17, 15) is 4.79 Å². The third-order valence-corrected chi connectivity index (χ3v) is 4.61. The third kappa shape index (κ3) is 9.21. The van der Waals surface area contributed by atoms with Crippen molar-refractivity contribution >= 4 is 39.2 Å². The number of benzene rings is 1. The van der Waals surface area contributed by atoms with Gasteiger partial charge in [-0.25, -0.2) is 0 Å². The predicted molar refractivity (Wildman–Crippen MR) is 111 cm³/mol. The number of thiocarbonyl (C=S) groups is 1. The van der Waals surface area contributed by atoms with Gasteiger partial charge in [-0.15, -0.1) is 0 Å². The van der Waals surface area contributed by atoms with E-state index in [2.05, 4.69) is 40.4 Å². The Bertz CT molecular complexity index is 552. The molecule has 0 unspecified atom stereocenters. The average Bonchev–Trinajstić information content (AvgIpc) is 2.59. The van der Waals surface area contributed by atoms with Crippen LogP contribution in [0.2, 0.25) is 0 Å². The molecule has 0 saturated carbocycles. The van der Waals surface area contributed by atoms with Gasteiger partial charge in [0.25, 0.3) is 5.91 Å². The predicted octanol–water partition coefficient (Wildman–Crippen LogP) is 5.20. The van der Waals surface area contributed by atoms with Gasteiger partial charge < -0.3 is 10.1 Å². The fourth-order valence-corrected chi connectivity index (χ4v) is 2.92. The molecule has 0 heterocycles. The highest BCUT2D eigenvalue weighted by molar-refractivity contribution is 9.10. The summed E-state index contributed by atoms with van der Waals surface area (Å²) >= 11 is 8.63. The first-order valence-electron chi connectivity index (χ1n) is 9.10. The van der Waals surface area contributed by atoms with Crippen LogP contribution in [0.15, 0.2) is 22.7 Å². The van der Waals surface area contributed by atoms with E-state index in [1.54, 1.807) is 18.2 Å². The SMILES string of the molecule is CCCCCCCNC(=S)NC(=O)c1ccc(OCCCC)c(Br)c1. The lowest BCUT2D eigenvalue weighted by Gasteiger charge is -2.11. The quantitative estimate of drug-likeness (QED) is 0.375. The molecular weight excluding hydrogens is 400 g/mol. The second-order valence-corrected chi connectivity index (χ2v) is 7.23. The minimum atomic E-state index is -0.218. The van der Waals surface area contributed by atoms with Gasteiger partial charge in [-0.2, -0.15) is 0 Å². The fourth-order valence-electron chi connectivity index (χ4n) is 2.24. The first-order chi connectivity index (χ1) is 12.1. The summed E-state index contributed by atoms with van der Waals surface area (Å²) in [6.45, 7) is 5.78. The molecule has 0 atom stereocenters. The van der Waals surface area contributed by atoms with Crippen molar-refractivity contribution in [1.29, 1.82) is 0 Å². The fraction of sp³-hybridized carbons (Fsp3) is 0.579. The normalized spacial score (nSPS) is 10.4. The van der Waals surface area contributed by atoms with Gasteiger partial charge in [-0.05, 0) is 59.2 Å². The Balaban J connectivity index is 2.38. The van der Waals surface area contributed by atoms with E-state index in [1.807, 2.05) is 0 Å². The molecule has 0 fully saturated rings. The third-order valence-electron chi connectivity index (χ3n) is 3.74. The number of rotatable bonds is 11. The second kappa shape index (κ2) is 13.1. The van der Waals surface area contributed by atoms with Gasteiger partial charge in [0.2, 0.25) is 0 Å². The van der Waals surface area contributed by atoms with Crippen LogP contribution in [0.1, 0.15) is 69.2 Å². The maximum atomic E-state index is 12.3. The summed E-state index contributed by atoms with van der Waals surface area (Å²) < 4.78 is 6.44. The molecule has 0 aliphatic rings. The Hall–Kier alpha value is -1.14. The second-order valence-electron chi connectivity index (χ2n) is 5.97. The largest absolute Gasteiger partial charge is 0.492 e. The molecule has 0 aliphatic carbocycles. The Labute approximate surface area is 165 Å². The lowest BCUT2D eigenvalue weighted by molar-refractivity contribution is 0.0976. The number of nitrogens with one attached hydrogen (secondary N) is 2. The number of hydrogen-bond donors (Lipinski definition) is 2. The van der Waals surface area contributed by atoms with Crippen LogP contribution in [0.25, 0.3) is 0 Å². The molecule has 0 aliphatic heterocycles. The maximum absolute atomic E-state index is 12.3. The summed E-state index contributed by atoms with van der Waals surface area (Å²) in [5, 5.41) is 6.18. The molecule has 0 spiro atoms. The Kier molecular flexibility index (Phi) is 11.5. The molecule has 140 valence electrons. The number of unbranched alkanes of at least 4 members (excludes halogenated alkanes) is 5. The van der Waals surface area contributed by atoms with Crippen molar-refractivity contribution in [3.63, 3.8) is 0 Å². The average molecular weight is 429 g/mol. The Morgan fingerprint density at radius 2 is 1.84 bits per heavy atom. The van der Waals surface area contributed by atoms with Crippen molar-refractivity contribution in [3.8, 4) is 5.75 Å². The summed E-state index contributed by atoms with van der Waals surface area (Å²) in [4.78, 5) is 12.3. The zero-order valence-electron chi connectivity index (χ0n) is 15.2. The highest BCUT2D eigenvalue weighted by atomic mass is 79.9. The van der Waals surface area contributed by atoms with Gasteiger partial charge in [-0.1, -0.05) is 46.0 Å². The highest BCUT2D eigenvalue weighted by Gasteiger charge is 2.10. The minimum Gasteiger partial charge on any atom is -0.492 e. The van der Waals surface area contributed by atoms with E-state index in [0.29, 0.717) is 17.3 Å². The van der Waals surface area contributed by atoms with Gasteiger partial charge in [0, 0.05) is 12.1 Å². The molecule has 6 heteroatoms. The van der Waals surface area contributed by atoms with Crippen LogP contribution in [0, 0.1) is 0 Å². The molecule has 1 aromatic carbocycles. The van der Waals surface area contributed by atoms with Crippen LogP contribution in [0.5, 0.6) is 5.75 Å². The van der Waals surface area contributed by atoms with Crippen LogP contribution in [0.3, 0.4) is 0 Å². The molecule has 1 amide bonds. The lowest BCUT2D eigenvalue weighted by Crippen LogP contribution is -2.39. The van der Waals surface area contributed by atoms with E-state index in [1.165, 1.54) is 25.7 Å². The molecule has 0 aromatic heterocycles. The van der Waals surface area contributed by atoms with Crippen molar-refractivity contribution in [1.82, 2.24) is 10.6 Å². The van der Waals surface area contributed by atoms with Gasteiger partial charge in [0.15, 0.2) is 5.11 Å². The molecule has 0 bridgehead atoms. The van der Waals surface area contributed by atoms with Crippen LogP contribution in [-0.4, -0.2) is 24.2 Å². The number of halogens is 1. The Morgan fingerprint density at radius 3 is 2.52 bits per heavy atom. The summed E-state index contributed by atoms with van der Waals surface area (Å²) in [7, 11) is 0. The first-order valence-corrected chi connectivity index (χ1v) is 10.3. The van der Waals surface area contributed by atoms with E-state index in [4.69, 9.17) is 17.0 Å². The van der Waals surface area contributed by atoms with Gasteiger partial charge in [0.05, 0.1) is 11.1 Å². The van der Waals surface area contributed by atoms with Crippen LogP contribution >= 0.6 is 28.1 Å². The summed E-state index contributed by atoms with van der Waals surface area (Å²) in [5.74, 6) is 0.530.